The van der Waals surface area contributed by atoms with Crippen LogP contribution in [0.25, 0.3) is 11.4 Å². The van der Waals surface area contributed by atoms with E-state index in [9.17, 15) is 8.42 Å². The lowest BCUT2D eigenvalue weighted by atomic mass is 10.2. The van der Waals surface area contributed by atoms with Gasteiger partial charge >= 0.3 is 0 Å². The lowest BCUT2D eigenvalue weighted by Gasteiger charge is -1.94. The molecule has 5 nitrogen and oxygen atoms in total. The van der Waals surface area contributed by atoms with Gasteiger partial charge < -0.3 is 4.52 Å². The predicted octanol–water partition coefficient (Wildman–Crippen LogP) is 2.43. The van der Waals surface area contributed by atoms with Crippen molar-refractivity contribution in [2.75, 3.05) is 5.75 Å². The zero-order valence-corrected chi connectivity index (χ0v) is 12.0. The van der Waals surface area contributed by atoms with Gasteiger partial charge in [0.15, 0.2) is 9.84 Å². The molecule has 0 fully saturated rings. The largest absolute Gasteiger partial charge is 0.338 e. The van der Waals surface area contributed by atoms with Gasteiger partial charge in [-0.3, -0.25) is 0 Å². The van der Waals surface area contributed by atoms with Gasteiger partial charge in [-0.25, -0.2) is 8.42 Å². The highest BCUT2D eigenvalue weighted by Gasteiger charge is 2.15. The van der Waals surface area contributed by atoms with Crippen LogP contribution in [0, 0.1) is 0 Å². The Kier molecular flexibility index (Phi) is 3.82. The summed E-state index contributed by atoms with van der Waals surface area (Å²) in [5.74, 6) is 0.356. The van der Waals surface area contributed by atoms with E-state index in [0.29, 0.717) is 5.82 Å². The lowest BCUT2D eigenvalue weighted by Crippen LogP contribution is -2.06. The third-order valence-corrected chi connectivity index (χ3v) is 4.45. The van der Waals surface area contributed by atoms with Gasteiger partial charge in [0.1, 0.15) is 5.75 Å². The smallest absolute Gasteiger partial charge is 0.242 e. The number of benzene rings is 1. The third kappa shape index (κ3) is 3.17. The van der Waals surface area contributed by atoms with Crippen LogP contribution in [0.5, 0.6) is 0 Å². The van der Waals surface area contributed by atoms with Crippen LogP contribution in [0.4, 0.5) is 0 Å². The number of nitrogens with zero attached hydrogens (tertiary/aromatic N) is 2. The van der Waals surface area contributed by atoms with E-state index >= 15 is 0 Å². The molecule has 1 heterocycles. The second-order valence-electron chi connectivity index (χ2n) is 3.70. The molecule has 2 rings (SSSR count). The Morgan fingerprint density at radius 3 is 2.56 bits per heavy atom. The average molecular weight is 331 g/mol. The zero-order chi connectivity index (χ0) is 13.2. The normalized spacial score (nSPS) is 11.7. The maximum absolute atomic E-state index is 11.4. The number of aromatic nitrogens is 2. The predicted molar refractivity (Wildman–Crippen MR) is 70.6 cm³/mol. The number of halogens is 1. The minimum atomic E-state index is -3.15. The molecule has 0 bridgehead atoms. The lowest BCUT2D eigenvalue weighted by molar-refractivity contribution is 0.389. The average Bonchev–Trinajstić information content (AvgIpc) is 2.78. The van der Waals surface area contributed by atoms with Crippen molar-refractivity contribution in [2.24, 2.45) is 0 Å². The summed E-state index contributed by atoms with van der Waals surface area (Å²) in [5, 5.41) is 3.77. The van der Waals surface area contributed by atoms with Crippen LogP contribution in [-0.2, 0) is 15.6 Å². The Morgan fingerprint density at radius 2 is 1.94 bits per heavy atom. The molecule has 0 saturated heterocycles. The molecule has 0 atom stereocenters. The van der Waals surface area contributed by atoms with E-state index in [1.807, 2.05) is 24.3 Å². The second kappa shape index (κ2) is 5.19. The molecule has 0 unspecified atom stereocenters. The minimum absolute atomic E-state index is 0.0585. The molecular weight excluding hydrogens is 320 g/mol. The van der Waals surface area contributed by atoms with E-state index < -0.39 is 9.84 Å². The molecule has 0 N–H and O–H groups in total. The van der Waals surface area contributed by atoms with E-state index in [2.05, 4.69) is 26.1 Å². The maximum atomic E-state index is 11.4. The third-order valence-electron chi connectivity index (χ3n) is 2.35. The highest BCUT2D eigenvalue weighted by molar-refractivity contribution is 9.10. The summed E-state index contributed by atoms with van der Waals surface area (Å²) in [6, 6.07) is 7.36. The molecule has 0 saturated carbocycles. The Hall–Kier alpha value is -1.21. The van der Waals surface area contributed by atoms with Crippen molar-refractivity contribution in [1.29, 1.82) is 0 Å². The Morgan fingerprint density at radius 1 is 1.28 bits per heavy atom. The first kappa shape index (κ1) is 13.2. The maximum Gasteiger partial charge on any atom is 0.242 e. The molecular formula is C11H11BrN2O3S. The minimum Gasteiger partial charge on any atom is -0.338 e. The molecule has 7 heteroatoms. The van der Waals surface area contributed by atoms with Crippen LogP contribution in [0.2, 0.25) is 0 Å². The number of hydrogen-bond acceptors (Lipinski definition) is 5. The fourth-order valence-corrected chi connectivity index (χ4v) is 2.28. The number of hydrogen-bond donors (Lipinski definition) is 0. The van der Waals surface area contributed by atoms with Gasteiger partial charge in [-0.1, -0.05) is 28.0 Å². The molecule has 18 heavy (non-hydrogen) atoms. The molecule has 96 valence electrons. The summed E-state index contributed by atoms with van der Waals surface area (Å²) in [4.78, 5) is 4.07. The van der Waals surface area contributed by atoms with Gasteiger partial charge in [0.2, 0.25) is 11.7 Å². The van der Waals surface area contributed by atoms with E-state index in [-0.39, 0.29) is 17.4 Å². The van der Waals surface area contributed by atoms with Crippen LogP contribution >= 0.6 is 15.9 Å². The van der Waals surface area contributed by atoms with Gasteiger partial charge in [-0.05, 0) is 24.3 Å². The Bertz CT molecular complexity index is 635. The molecule has 0 aliphatic carbocycles. The van der Waals surface area contributed by atoms with Crippen molar-refractivity contribution in [3.05, 3.63) is 34.6 Å². The monoisotopic (exact) mass is 330 g/mol. The molecule has 0 spiro atoms. The van der Waals surface area contributed by atoms with Crippen molar-refractivity contribution in [3.8, 4) is 11.4 Å². The van der Waals surface area contributed by atoms with Crippen LogP contribution in [0.1, 0.15) is 12.8 Å². The summed E-state index contributed by atoms with van der Waals surface area (Å²) >= 11 is 3.33. The fourth-order valence-electron chi connectivity index (χ4n) is 1.32. The quantitative estimate of drug-likeness (QED) is 0.860. The van der Waals surface area contributed by atoms with Crippen molar-refractivity contribution in [3.63, 3.8) is 0 Å². The summed E-state index contributed by atoms with van der Waals surface area (Å²) in [6.45, 7) is 1.58. The van der Waals surface area contributed by atoms with Crippen LogP contribution in [-0.4, -0.2) is 24.3 Å². The van der Waals surface area contributed by atoms with Crippen molar-refractivity contribution < 1.29 is 12.9 Å². The number of sulfone groups is 1. The standard InChI is InChI=1S/C11H11BrN2O3S/c1-2-18(15,16)7-10-13-11(14-17-10)8-3-5-9(12)6-4-8/h3-6H,2,7H2,1H3. The number of rotatable bonds is 4. The SMILES string of the molecule is CCS(=O)(=O)Cc1nc(-c2ccc(Br)cc2)no1. The van der Waals surface area contributed by atoms with Gasteiger partial charge in [0.05, 0.1) is 0 Å². The van der Waals surface area contributed by atoms with E-state index in [1.165, 1.54) is 0 Å². The van der Waals surface area contributed by atoms with Gasteiger partial charge in [0.25, 0.3) is 0 Å². The van der Waals surface area contributed by atoms with Crippen LogP contribution in [0.15, 0.2) is 33.3 Å². The Labute approximate surface area is 113 Å². The summed E-state index contributed by atoms with van der Waals surface area (Å²) < 4.78 is 28.7. The first-order chi connectivity index (χ1) is 8.50. The highest BCUT2D eigenvalue weighted by Crippen LogP contribution is 2.19. The van der Waals surface area contributed by atoms with Gasteiger partial charge in [-0.15, -0.1) is 0 Å². The van der Waals surface area contributed by atoms with Crippen LogP contribution < -0.4 is 0 Å². The molecule has 0 amide bonds. The first-order valence-corrected chi connectivity index (χ1v) is 7.90. The Balaban J connectivity index is 2.23. The van der Waals surface area contributed by atoms with E-state index in [4.69, 9.17) is 4.52 Å². The summed E-state index contributed by atoms with van der Waals surface area (Å²) in [5.41, 5.74) is 0.780. The van der Waals surface area contributed by atoms with Gasteiger partial charge in [0, 0.05) is 15.8 Å². The van der Waals surface area contributed by atoms with Crippen molar-refractivity contribution in [1.82, 2.24) is 10.1 Å². The fraction of sp³-hybridized carbons (Fsp3) is 0.273. The molecule has 0 aliphatic rings. The van der Waals surface area contributed by atoms with Gasteiger partial charge in [-0.2, -0.15) is 4.98 Å². The van der Waals surface area contributed by atoms with Crippen molar-refractivity contribution in [2.45, 2.75) is 12.7 Å². The van der Waals surface area contributed by atoms with E-state index in [1.54, 1.807) is 6.92 Å². The van der Waals surface area contributed by atoms with Crippen LogP contribution in [0.3, 0.4) is 0 Å². The molecule has 1 aromatic carbocycles. The molecule has 1 aromatic heterocycles. The summed E-state index contributed by atoms with van der Waals surface area (Å²) in [6.07, 6.45) is 0. The first-order valence-electron chi connectivity index (χ1n) is 5.29. The topological polar surface area (TPSA) is 73.1 Å². The summed E-state index contributed by atoms with van der Waals surface area (Å²) in [7, 11) is -3.15. The highest BCUT2D eigenvalue weighted by atomic mass is 79.9. The zero-order valence-electron chi connectivity index (χ0n) is 9.63. The second-order valence-corrected chi connectivity index (χ2v) is 6.96. The van der Waals surface area contributed by atoms with E-state index in [0.717, 1.165) is 10.0 Å². The van der Waals surface area contributed by atoms with Crippen molar-refractivity contribution >= 4 is 25.8 Å². The molecule has 0 radical (unpaired) electrons. The molecule has 2 aromatic rings. The molecule has 0 aliphatic heterocycles.